The number of nitrogens with one attached hydrogen (secondary N) is 1. The van der Waals surface area contributed by atoms with Crippen LogP contribution in [0.4, 0.5) is 4.39 Å². The molecule has 2 N–H and O–H groups in total. The SMILES string of the molecule is CC1OCCC1NC(=O)c1cc(F)ccc1C#CCO. The molecule has 2 rings (SSSR count). The molecule has 0 radical (unpaired) electrons. The van der Waals surface area contributed by atoms with Crippen LogP contribution in [0.3, 0.4) is 0 Å². The van der Waals surface area contributed by atoms with Crippen molar-refractivity contribution in [2.45, 2.75) is 25.5 Å². The third-order valence-electron chi connectivity index (χ3n) is 3.22. The van der Waals surface area contributed by atoms with Gasteiger partial charge in [0.15, 0.2) is 0 Å². The minimum Gasteiger partial charge on any atom is -0.384 e. The van der Waals surface area contributed by atoms with Gasteiger partial charge in [0.05, 0.1) is 17.7 Å². The van der Waals surface area contributed by atoms with Gasteiger partial charge in [0.2, 0.25) is 0 Å². The van der Waals surface area contributed by atoms with Gasteiger partial charge in [0, 0.05) is 12.2 Å². The van der Waals surface area contributed by atoms with Crippen molar-refractivity contribution in [3.05, 3.63) is 35.1 Å². The predicted molar refractivity (Wildman–Crippen MR) is 71.6 cm³/mol. The maximum atomic E-state index is 13.3. The van der Waals surface area contributed by atoms with Gasteiger partial charge in [-0.3, -0.25) is 4.79 Å². The van der Waals surface area contributed by atoms with Crippen LogP contribution in [-0.4, -0.2) is 36.4 Å². The number of carbonyl (C=O) groups is 1. The standard InChI is InChI=1S/C15H16FNO3/c1-10-14(6-8-20-10)17-15(19)13-9-12(16)5-4-11(13)3-2-7-18/h4-5,9-10,14,18H,6-8H2,1H3,(H,17,19). The lowest BCUT2D eigenvalue weighted by atomic mass is 10.1. The number of aliphatic hydroxyl groups excluding tert-OH is 1. The van der Waals surface area contributed by atoms with E-state index < -0.39 is 5.82 Å². The number of rotatable bonds is 2. The lowest BCUT2D eigenvalue weighted by Crippen LogP contribution is -2.39. The highest BCUT2D eigenvalue weighted by molar-refractivity contribution is 5.97. The smallest absolute Gasteiger partial charge is 0.252 e. The van der Waals surface area contributed by atoms with Crippen molar-refractivity contribution < 1.29 is 19.0 Å². The molecule has 106 valence electrons. The van der Waals surface area contributed by atoms with E-state index in [1.54, 1.807) is 0 Å². The highest BCUT2D eigenvalue weighted by atomic mass is 19.1. The fourth-order valence-electron chi connectivity index (χ4n) is 2.12. The zero-order valence-electron chi connectivity index (χ0n) is 11.1. The van der Waals surface area contributed by atoms with Crippen molar-refractivity contribution >= 4 is 5.91 Å². The molecular weight excluding hydrogens is 261 g/mol. The summed E-state index contributed by atoms with van der Waals surface area (Å²) in [7, 11) is 0. The Morgan fingerprint density at radius 3 is 3.05 bits per heavy atom. The number of carbonyl (C=O) groups excluding carboxylic acids is 1. The second-order valence-corrected chi connectivity index (χ2v) is 4.59. The van der Waals surface area contributed by atoms with Crippen molar-refractivity contribution in [2.75, 3.05) is 13.2 Å². The van der Waals surface area contributed by atoms with Crippen LogP contribution >= 0.6 is 0 Å². The predicted octanol–water partition coefficient (Wildman–Crippen LogP) is 1.08. The van der Waals surface area contributed by atoms with Gasteiger partial charge in [0.1, 0.15) is 12.4 Å². The normalized spacial score (nSPS) is 21.1. The summed E-state index contributed by atoms with van der Waals surface area (Å²) in [5.74, 6) is 4.23. The molecule has 4 nitrogen and oxygen atoms in total. The lowest BCUT2D eigenvalue weighted by molar-refractivity contribution is 0.0865. The summed E-state index contributed by atoms with van der Waals surface area (Å²) in [6.45, 7) is 2.17. The van der Waals surface area contributed by atoms with Gasteiger partial charge in [-0.2, -0.15) is 0 Å². The molecule has 0 aromatic heterocycles. The summed E-state index contributed by atoms with van der Waals surface area (Å²) in [5.41, 5.74) is 0.564. The van der Waals surface area contributed by atoms with Crippen molar-refractivity contribution in [1.82, 2.24) is 5.32 Å². The Morgan fingerprint density at radius 1 is 1.60 bits per heavy atom. The number of hydrogen-bond donors (Lipinski definition) is 2. The number of benzene rings is 1. The molecule has 1 aromatic rings. The molecule has 1 heterocycles. The van der Waals surface area contributed by atoms with Crippen LogP contribution in [0.2, 0.25) is 0 Å². The van der Waals surface area contributed by atoms with E-state index in [9.17, 15) is 9.18 Å². The molecule has 1 saturated heterocycles. The van der Waals surface area contributed by atoms with Crippen LogP contribution in [0.15, 0.2) is 18.2 Å². The van der Waals surface area contributed by atoms with Crippen molar-refractivity contribution in [3.63, 3.8) is 0 Å². The van der Waals surface area contributed by atoms with E-state index in [2.05, 4.69) is 17.2 Å². The van der Waals surface area contributed by atoms with E-state index in [1.807, 2.05) is 6.92 Å². The first-order chi connectivity index (χ1) is 9.61. The fraction of sp³-hybridized carbons (Fsp3) is 0.400. The molecule has 0 aliphatic carbocycles. The van der Waals surface area contributed by atoms with Gasteiger partial charge >= 0.3 is 0 Å². The zero-order valence-corrected chi connectivity index (χ0v) is 11.1. The molecule has 5 heteroatoms. The summed E-state index contributed by atoms with van der Waals surface area (Å²) < 4.78 is 18.7. The van der Waals surface area contributed by atoms with E-state index in [-0.39, 0.29) is 30.2 Å². The average Bonchev–Trinajstić information content (AvgIpc) is 2.83. The molecule has 20 heavy (non-hydrogen) atoms. The summed E-state index contributed by atoms with van der Waals surface area (Å²) in [6, 6.07) is 3.74. The first-order valence-corrected chi connectivity index (χ1v) is 6.43. The summed E-state index contributed by atoms with van der Waals surface area (Å²) >= 11 is 0. The zero-order chi connectivity index (χ0) is 14.5. The first-order valence-electron chi connectivity index (χ1n) is 6.43. The highest BCUT2D eigenvalue weighted by Gasteiger charge is 2.26. The van der Waals surface area contributed by atoms with E-state index in [0.29, 0.717) is 12.2 Å². The second kappa shape index (κ2) is 6.51. The van der Waals surface area contributed by atoms with Gasteiger partial charge < -0.3 is 15.2 Å². The number of amides is 1. The molecular formula is C15H16FNO3. The van der Waals surface area contributed by atoms with Crippen molar-refractivity contribution in [3.8, 4) is 11.8 Å². The van der Waals surface area contributed by atoms with Crippen LogP contribution in [0, 0.1) is 17.7 Å². The Morgan fingerprint density at radius 2 is 2.40 bits per heavy atom. The molecule has 1 aliphatic heterocycles. The maximum Gasteiger partial charge on any atom is 0.252 e. The molecule has 1 fully saturated rings. The largest absolute Gasteiger partial charge is 0.384 e. The first kappa shape index (κ1) is 14.5. The number of hydrogen-bond acceptors (Lipinski definition) is 3. The summed E-state index contributed by atoms with van der Waals surface area (Å²) in [4.78, 5) is 12.2. The van der Waals surface area contributed by atoms with Gasteiger partial charge in [-0.1, -0.05) is 11.8 Å². The Labute approximate surface area is 116 Å². The van der Waals surface area contributed by atoms with Crippen molar-refractivity contribution in [1.29, 1.82) is 0 Å². The summed E-state index contributed by atoms with van der Waals surface area (Å²) in [6.07, 6.45) is 0.680. The average molecular weight is 277 g/mol. The third kappa shape index (κ3) is 3.35. The Hall–Kier alpha value is -1.90. The number of aliphatic hydroxyl groups is 1. The van der Waals surface area contributed by atoms with Crippen molar-refractivity contribution in [2.24, 2.45) is 0 Å². The second-order valence-electron chi connectivity index (χ2n) is 4.59. The molecule has 0 saturated carbocycles. The third-order valence-corrected chi connectivity index (χ3v) is 3.22. The topological polar surface area (TPSA) is 58.6 Å². The fourth-order valence-corrected chi connectivity index (χ4v) is 2.12. The van der Waals surface area contributed by atoms with Crippen LogP contribution in [0.25, 0.3) is 0 Å². The van der Waals surface area contributed by atoms with E-state index >= 15 is 0 Å². The van der Waals surface area contributed by atoms with Crippen LogP contribution in [-0.2, 0) is 4.74 Å². The van der Waals surface area contributed by atoms with Crippen LogP contribution < -0.4 is 5.32 Å². The van der Waals surface area contributed by atoms with Gasteiger partial charge in [-0.25, -0.2) is 4.39 Å². The van der Waals surface area contributed by atoms with E-state index in [0.717, 1.165) is 12.5 Å². The Kier molecular flexibility index (Phi) is 4.72. The quantitative estimate of drug-likeness (QED) is 0.795. The molecule has 0 spiro atoms. The van der Waals surface area contributed by atoms with Gasteiger partial charge in [0.25, 0.3) is 5.91 Å². The minimum atomic E-state index is -0.500. The number of ether oxygens (including phenoxy) is 1. The van der Waals surface area contributed by atoms with Gasteiger partial charge in [-0.15, -0.1) is 0 Å². The molecule has 1 aromatic carbocycles. The molecule has 2 atom stereocenters. The molecule has 0 bridgehead atoms. The summed E-state index contributed by atoms with van der Waals surface area (Å²) in [5, 5.41) is 11.5. The highest BCUT2D eigenvalue weighted by Crippen LogP contribution is 2.15. The molecule has 2 unspecified atom stereocenters. The Balaban J connectivity index is 2.21. The Bertz CT molecular complexity index is 562. The van der Waals surface area contributed by atoms with E-state index in [4.69, 9.17) is 9.84 Å². The maximum absolute atomic E-state index is 13.3. The minimum absolute atomic E-state index is 0.0560. The molecule has 1 amide bonds. The van der Waals surface area contributed by atoms with Crippen LogP contribution in [0.1, 0.15) is 29.3 Å². The monoisotopic (exact) mass is 277 g/mol. The molecule has 1 aliphatic rings. The number of halogens is 1. The van der Waals surface area contributed by atoms with E-state index in [1.165, 1.54) is 12.1 Å². The van der Waals surface area contributed by atoms with Gasteiger partial charge in [-0.05, 0) is 31.5 Å². The van der Waals surface area contributed by atoms with Crippen LogP contribution in [0.5, 0.6) is 0 Å². The lowest BCUT2D eigenvalue weighted by Gasteiger charge is -2.16.